The number of nitrogens with zero attached hydrogens (tertiary/aromatic N) is 1. The molecule has 0 radical (unpaired) electrons. The van der Waals surface area contributed by atoms with Crippen molar-refractivity contribution in [1.29, 1.82) is 0 Å². The average Bonchev–Trinajstić information content (AvgIpc) is 2.43. The standard InChI is InChI=1S/C16H25ClN2O3S/c1-12(2)13(3)18-16(20)6-5-11-19(23(4,21)22)15-9-7-14(17)8-10-15/h7-10,12-13H,5-6,11H2,1-4H3,(H,18,20). The highest BCUT2D eigenvalue weighted by molar-refractivity contribution is 7.92. The number of hydrogen-bond acceptors (Lipinski definition) is 3. The van der Waals surface area contributed by atoms with E-state index in [0.29, 0.717) is 23.0 Å². The van der Waals surface area contributed by atoms with Gasteiger partial charge >= 0.3 is 0 Å². The number of hydrogen-bond donors (Lipinski definition) is 1. The molecule has 0 spiro atoms. The predicted octanol–water partition coefficient (Wildman–Crippen LogP) is 3.05. The number of anilines is 1. The van der Waals surface area contributed by atoms with Crippen molar-refractivity contribution in [3.8, 4) is 0 Å². The van der Waals surface area contributed by atoms with Gasteiger partial charge < -0.3 is 5.32 Å². The minimum absolute atomic E-state index is 0.0595. The Morgan fingerprint density at radius 3 is 2.26 bits per heavy atom. The Morgan fingerprint density at radius 1 is 1.22 bits per heavy atom. The van der Waals surface area contributed by atoms with Crippen LogP contribution in [0, 0.1) is 5.92 Å². The lowest BCUT2D eigenvalue weighted by Crippen LogP contribution is -2.37. The van der Waals surface area contributed by atoms with Crippen molar-refractivity contribution >= 4 is 33.2 Å². The number of amides is 1. The Kier molecular flexibility index (Phi) is 7.35. The van der Waals surface area contributed by atoms with Crippen molar-refractivity contribution in [1.82, 2.24) is 5.32 Å². The third-order valence-corrected chi connectivity index (χ3v) is 5.11. The van der Waals surface area contributed by atoms with Gasteiger partial charge in [0.15, 0.2) is 0 Å². The van der Waals surface area contributed by atoms with E-state index in [1.54, 1.807) is 24.3 Å². The molecule has 0 aromatic heterocycles. The maximum absolute atomic E-state index is 12.0. The van der Waals surface area contributed by atoms with E-state index in [2.05, 4.69) is 5.32 Å². The van der Waals surface area contributed by atoms with Crippen molar-refractivity contribution in [3.63, 3.8) is 0 Å². The number of benzene rings is 1. The Bertz CT molecular complexity index is 615. The van der Waals surface area contributed by atoms with Crippen LogP contribution in [0.5, 0.6) is 0 Å². The molecule has 23 heavy (non-hydrogen) atoms. The first kappa shape index (κ1) is 19.8. The van der Waals surface area contributed by atoms with Crippen LogP contribution in [-0.2, 0) is 14.8 Å². The second-order valence-corrected chi connectivity index (χ2v) is 8.36. The van der Waals surface area contributed by atoms with E-state index < -0.39 is 10.0 Å². The lowest BCUT2D eigenvalue weighted by Gasteiger charge is -2.23. The molecule has 7 heteroatoms. The molecule has 0 aliphatic carbocycles. The Balaban J connectivity index is 2.63. The summed E-state index contributed by atoms with van der Waals surface area (Å²) >= 11 is 5.83. The Labute approximate surface area is 144 Å². The third kappa shape index (κ3) is 6.79. The number of nitrogens with one attached hydrogen (secondary N) is 1. The summed E-state index contributed by atoms with van der Waals surface area (Å²) in [6.45, 7) is 6.29. The largest absolute Gasteiger partial charge is 0.353 e. The van der Waals surface area contributed by atoms with E-state index in [4.69, 9.17) is 11.6 Å². The summed E-state index contributed by atoms with van der Waals surface area (Å²) in [5, 5.41) is 3.46. The molecular weight excluding hydrogens is 336 g/mol. The smallest absolute Gasteiger partial charge is 0.232 e. The highest BCUT2D eigenvalue weighted by Gasteiger charge is 2.18. The van der Waals surface area contributed by atoms with Crippen molar-refractivity contribution < 1.29 is 13.2 Å². The minimum Gasteiger partial charge on any atom is -0.353 e. The van der Waals surface area contributed by atoms with Crippen LogP contribution in [0.4, 0.5) is 5.69 Å². The zero-order chi connectivity index (χ0) is 17.6. The van der Waals surface area contributed by atoms with Crippen LogP contribution in [0.15, 0.2) is 24.3 Å². The molecule has 1 N–H and O–H groups in total. The molecule has 0 fully saturated rings. The van der Waals surface area contributed by atoms with Crippen LogP contribution in [-0.4, -0.2) is 33.2 Å². The molecule has 1 rings (SSSR count). The van der Waals surface area contributed by atoms with Gasteiger partial charge in [0.05, 0.1) is 11.9 Å². The fourth-order valence-corrected chi connectivity index (χ4v) is 3.06. The summed E-state index contributed by atoms with van der Waals surface area (Å²) in [7, 11) is -3.41. The monoisotopic (exact) mass is 360 g/mol. The predicted molar refractivity (Wildman–Crippen MR) is 95.3 cm³/mol. The number of halogens is 1. The van der Waals surface area contributed by atoms with Crippen molar-refractivity contribution in [2.45, 2.75) is 39.7 Å². The molecule has 0 aliphatic heterocycles. The van der Waals surface area contributed by atoms with E-state index in [9.17, 15) is 13.2 Å². The van der Waals surface area contributed by atoms with Crippen LogP contribution in [0.1, 0.15) is 33.6 Å². The van der Waals surface area contributed by atoms with Gasteiger partial charge in [-0.3, -0.25) is 9.10 Å². The summed E-state index contributed by atoms with van der Waals surface area (Å²) in [5.41, 5.74) is 0.549. The quantitative estimate of drug-likeness (QED) is 0.774. The Hall–Kier alpha value is -1.27. The van der Waals surface area contributed by atoms with Gasteiger partial charge in [-0.05, 0) is 43.5 Å². The maximum Gasteiger partial charge on any atom is 0.232 e. The van der Waals surface area contributed by atoms with E-state index in [1.807, 2.05) is 20.8 Å². The summed E-state index contributed by atoms with van der Waals surface area (Å²) in [5.74, 6) is 0.302. The second kappa shape index (κ2) is 8.55. The maximum atomic E-state index is 12.0. The van der Waals surface area contributed by atoms with Gasteiger partial charge in [0.1, 0.15) is 0 Å². The molecule has 1 unspecified atom stereocenters. The van der Waals surface area contributed by atoms with E-state index in [-0.39, 0.29) is 24.9 Å². The zero-order valence-corrected chi connectivity index (χ0v) is 15.6. The van der Waals surface area contributed by atoms with Crippen molar-refractivity contribution in [2.24, 2.45) is 5.92 Å². The van der Waals surface area contributed by atoms with Gasteiger partial charge in [-0.1, -0.05) is 25.4 Å². The number of carbonyl (C=O) groups excluding carboxylic acids is 1. The van der Waals surface area contributed by atoms with Gasteiger partial charge in [0.25, 0.3) is 0 Å². The molecule has 0 bridgehead atoms. The molecule has 1 aromatic rings. The molecule has 1 aromatic carbocycles. The molecule has 130 valence electrons. The van der Waals surface area contributed by atoms with Crippen LogP contribution in [0.3, 0.4) is 0 Å². The summed E-state index contributed by atoms with van der Waals surface area (Å²) in [6, 6.07) is 6.71. The molecular formula is C16H25ClN2O3S. The highest BCUT2D eigenvalue weighted by atomic mass is 35.5. The first-order chi connectivity index (χ1) is 10.6. The number of carbonyl (C=O) groups is 1. The fourth-order valence-electron chi connectivity index (χ4n) is 1.97. The molecule has 5 nitrogen and oxygen atoms in total. The molecule has 0 aliphatic rings. The summed E-state index contributed by atoms with van der Waals surface area (Å²) in [4.78, 5) is 11.9. The van der Waals surface area contributed by atoms with Gasteiger partial charge in [0, 0.05) is 24.0 Å². The lowest BCUT2D eigenvalue weighted by molar-refractivity contribution is -0.122. The molecule has 0 saturated heterocycles. The highest BCUT2D eigenvalue weighted by Crippen LogP contribution is 2.20. The topological polar surface area (TPSA) is 66.5 Å². The lowest BCUT2D eigenvalue weighted by atomic mass is 10.1. The van der Waals surface area contributed by atoms with Crippen molar-refractivity contribution in [2.75, 3.05) is 17.1 Å². The first-order valence-electron chi connectivity index (χ1n) is 7.64. The SMILES string of the molecule is CC(C)C(C)NC(=O)CCCN(c1ccc(Cl)cc1)S(C)(=O)=O. The summed E-state index contributed by atoms with van der Waals surface area (Å²) < 4.78 is 25.2. The van der Waals surface area contributed by atoms with Gasteiger partial charge in [0.2, 0.25) is 15.9 Å². The van der Waals surface area contributed by atoms with Crippen molar-refractivity contribution in [3.05, 3.63) is 29.3 Å². The van der Waals surface area contributed by atoms with Crippen LogP contribution in [0.2, 0.25) is 5.02 Å². The number of sulfonamides is 1. The Morgan fingerprint density at radius 2 is 1.78 bits per heavy atom. The van der Waals surface area contributed by atoms with Crippen LogP contribution in [0.25, 0.3) is 0 Å². The van der Waals surface area contributed by atoms with Crippen LogP contribution < -0.4 is 9.62 Å². The van der Waals surface area contributed by atoms with E-state index in [1.165, 1.54) is 4.31 Å². The van der Waals surface area contributed by atoms with Gasteiger partial charge in [-0.15, -0.1) is 0 Å². The first-order valence-corrected chi connectivity index (χ1v) is 9.86. The van der Waals surface area contributed by atoms with E-state index in [0.717, 1.165) is 6.26 Å². The molecule has 1 amide bonds. The summed E-state index contributed by atoms with van der Waals surface area (Å²) in [6.07, 6.45) is 1.89. The van der Waals surface area contributed by atoms with Crippen LogP contribution >= 0.6 is 11.6 Å². The average molecular weight is 361 g/mol. The molecule has 0 saturated carbocycles. The normalized spacial score (nSPS) is 13.0. The molecule has 0 heterocycles. The zero-order valence-electron chi connectivity index (χ0n) is 14.0. The number of rotatable bonds is 8. The third-order valence-electron chi connectivity index (χ3n) is 3.67. The van der Waals surface area contributed by atoms with E-state index >= 15 is 0 Å². The van der Waals surface area contributed by atoms with Gasteiger partial charge in [-0.2, -0.15) is 0 Å². The second-order valence-electron chi connectivity index (χ2n) is 6.02. The minimum atomic E-state index is -3.41. The van der Waals surface area contributed by atoms with Gasteiger partial charge in [-0.25, -0.2) is 8.42 Å². The molecule has 1 atom stereocenters. The fraction of sp³-hybridized carbons (Fsp3) is 0.562.